The lowest BCUT2D eigenvalue weighted by atomic mass is 9.94. The quantitative estimate of drug-likeness (QED) is 0.579. The van der Waals surface area contributed by atoms with Crippen molar-refractivity contribution in [2.75, 3.05) is 26.7 Å². The standard InChI is InChI=1S/C12H27N3O/c1-5-15(6-2)10-8-7-9-12(3,14-4)11(13)16/h14H,5-10H2,1-4H3,(H2,13,16). The number of hydrogen-bond donors (Lipinski definition) is 2. The minimum Gasteiger partial charge on any atom is -0.368 e. The minimum atomic E-state index is -0.552. The zero-order valence-electron chi connectivity index (χ0n) is 11.2. The van der Waals surface area contributed by atoms with Crippen LogP contribution in [0.15, 0.2) is 0 Å². The first-order valence-corrected chi connectivity index (χ1v) is 6.21. The molecule has 0 fully saturated rings. The van der Waals surface area contributed by atoms with E-state index in [1.54, 1.807) is 7.05 Å². The summed E-state index contributed by atoms with van der Waals surface area (Å²) in [5.41, 5.74) is 4.81. The molecular formula is C12H27N3O. The maximum atomic E-state index is 11.2. The van der Waals surface area contributed by atoms with E-state index in [1.165, 1.54) is 0 Å². The van der Waals surface area contributed by atoms with Gasteiger partial charge >= 0.3 is 0 Å². The number of likely N-dealkylation sites (N-methyl/N-ethyl adjacent to an activating group) is 1. The van der Waals surface area contributed by atoms with E-state index in [-0.39, 0.29) is 5.91 Å². The molecule has 0 rings (SSSR count). The highest BCUT2D eigenvalue weighted by atomic mass is 16.1. The number of carbonyl (C=O) groups excluding carboxylic acids is 1. The van der Waals surface area contributed by atoms with Crippen LogP contribution in [-0.2, 0) is 4.79 Å². The van der Waals surface area contributed by atoms with Crippen LogP contribution >= 0.6 is 0 Å². The molecule has 0 saturated heterocycles. The highest BCUT2D eigenvalue weighted by molar-refractivity contribution is 5.84. The zero-order chi connectivity index (χ0) is 12.6. The fourth-order valence-corrected chi connectivity index (χ4v) is 1.73. The summed E-state index contributed by atoms with van der Waals surface area (Å²) >= 11 is 0. The Balaban J connectivity index is 3.84. The van der Waals surface area contributed by atoms with Gasteiger partial charge in [0.2, 0.25) is 5.91 Å². The molecule has 0 aromatic rings. The third kappa shape index (κ3) is 4.94. The van der Waals surface area contributed by atoms with E-state index in [4.69, 9.17) is 5.73 Å². The van der Waals surface area contributed by atoms with Gasteiger partial charge in [-0.05, 0) is 52.9 Å². The summed E-state index contributed by atoms with van der Waals surface area (Å²) in [5.74, 6) is -0.266. The van der Waals surface area contributed by atoms with Gasteiger partial charge in [0.25, 0.3) is 0 Å². The SMILES string of the molecule is CCN(CC)CCCCC(C)(NC)C(N)=O. The molecule has 0 aliphatic carbocycles. The summed E-state index contributed by atoms with van der Waals surface area (Å²) in [5, 5.41) is 3.01. The van der Waals surface area contributed by atoms with Crippen molar-refractivity contribution in [3.05, 3.63) is 0 Å². The zero-order valence-corrected chi connectivity index (χ0v) is 11.2. The second-order valence-corrected chi connectivity index (χ2v) is 4.43. The van der Waals surface area contributed by atoms with E-state index in [1.807, 2.05) is 6.92 Å². The van der Waals surface area contributed by atoms with Crippen LogP contribution in [0.1, 0.15) is 40.0 Å². The number of nitrogens with zero attached hydrogens (tertiary/aromatic N) is 1. The largest absolute Gasteiger partial charge is 0.368 e. The Hall–Kier alpha value is -0.610. The maximum absolute atomic E-state index is 11.2. The molecule has 0 saturated carbocycles. The predicted molar refractivity (Wildman–Crippen MR) is 68.3 cm³/mol. The average Bonchev–Trinajstić information content (AvgIpc) is 2.28. The van der Waals surface area contributed by atoms with Crippen molar-refractivity contribution in [2.45, 2.75) is 45.6 Å². The van der Waals surface area contributed by atoms with Crippen LogP contribution in [0, 0.1) is 0 Å². The molecule has 3 N–H and O–H groups in total. The molecule has 4 heteroatoms. The lowest BCUT2D eigenvalue weighted by molar-refractivity contribution is -0.123. The highest BCUT2D eigenvalue weighted by Gasteiger charge is 2.27. The van der Waals surface area contributed by atoms with E-state index in [9.17, 15) is 4.79 Å². The van der Waals surface area contributed by atoms with Crippen LogP contribution in [0.4, 0.5) is 0 Å². The monoisotopic (exact) mass is 229 g/mol. The predicted octanol–water partition coefficient (Wildman–Crippen LogP) is 0.962. The summed E-state index contributed by atoms with van der Waals surface area (Å²) in [6.45, 7) is 9.50. The Kier molecular flexibility index (Phi) is 7.34. The summed E-state index contributed by atoms with van der Waals surface area (Å²) in [7, 11) is 1.79. The molecule has 1 atom stereocenters. The smallest absolute Gasteiger partial charge is 0.237 e. The Morgan fingerprint density at radius 2 is 1.88 bits per heavy atom. The molecule has 0 aliphatic heterocycles. The number of rotatable bonds is 9. The van der Waals surface area contributed by atoms with Gasteiger partial charge in [0, 0.05) is 0 Å². The van der Waals surface area contributed by atoms with Crippen LogP contribution in [0.25, 0.3) is 0 Å². The number of nitrogens with two attached hydrogens (primary N) is 1. The van der Waals surface area contributed by atoms with Crippen LogP contribution in [-0.4, -0.2) is 43.0 Å². The van der Waals surface area contributed by atoms with Gasteiger partial charge < -0.3 is 16.0 Å². The number of hydrogen-bond acceptors (Lipinski definition) is 3. The molecule has 96 valence electrons. The van der Waals surface area contributed by atoms with Gasteiger partial charge in [-0.25, -0.2) is 0 Å². The molecule has 0 heterocycles. The number of unbranched alkanes of at least 4 members (excludes halogenated alkanes) is 1. The van der Waals surface area contributed by atoms with Gasteiger partial charge in [0.1, 0.15) is 0 Å². The summed E-state index contributed by atoms with van der Waals surface area (Å²) in [4.78, 5) is 13.6. The van der Waals surface area contributed by atoms with Crippen LogP contribution < -0.4 is 11.1 Å². The third-order valence-corrected chi connectivity index (χ3v) is 3.39. The van der Waals surface area contributed by atoms with E-state index >= 15 is 0 Å². The first kappa shape index (κ1) is 15.4. The van der Waals surface area contributed by atoms with E-state index < -0.39 is 5.54 Å². The first-order chi connectivity index (χ1) is 7.50. The first-order valence-electron chi connectivity index (χ1n) is 6.21. The molecule has 0 radical (unpaired) electrons. The average molecular weight is 229 g/mol. The fourth-order valence-electron chi connectivity index (χ4n) is 1.73. The molecule has 1 unspecified atom stereocenters. The van der Waals surface area contributed by atoms with Gasteiger partial charge in [-0.2, -0.15) is 0 Å². The van der Waals surface area contributed by atoms with Crippen LogP contribution in [0.2, 0.25) is 0 Å². The van der Waals surface area contributed by atoms with E-state index in [2.05, 4.69) is 24.1 Å². The highest BCUT2D eigenvalue weighted by Crippen LogP contribution is 2.13. The normalized spacial score (nSPS) is 15.1. The Labute approximate surface area is 99.6 Å². The lowest BCUT2D eigenvalue weighted by Gasteiger charge is -2.26. The Bertz CT molecular complexity index is 204. The van der Waals surface area contributed by atoms with Gasteiger partial charge in [-0.3, -0.25) is 4.79 Å². The number of amides is 1. The molecule has 0 bridgehead atoms. The Morgan fingerprint density at radius 1 is 1.31 bits per heavy atom. The molecule has 0 spiro atoms. The van der Waals surface area contributed by atoms with Crippen molar-refractivity contribution in [2.24, 2.45) is 5.73 Å². The molecule has 0 aliphatic rings. The number of nitrogens with one attached hydrogen (secondary N) is 1. The van der Waals surface area contributed by atoms with Crippen molar-refractivity contribution in [3.8, 4) is 0 Å². The van der Waals surface area contributed by atoms with Gasteiger partial charge in [-0.15, -0.1) is 0 Å². The topological polar surface area (TPSA) is 58.4 Å². The second kappa shape index (κ2) is 7.63. The fraction of sp³-hybridized carbons (Fsp3) is 0.917. The van der Waals surface area contributed by atoms with Gasteiger partial charge in [-0.1, -0.05) is 13.8 Å². The van der Waals surface area contributed by atoms with E-state index in [0.29, 0.717) is 0 Å². The summed E-state index contributed by atoms with van der Waals surface area (Å²) < 4.78 is 0. The molecule has 1 amide bonds. The van der Waals surface area contributed by atoms with Crippen molar-refractivity contribution in [1.82, 2.24) is 10.2 Å². The Morgan fingerprint density at radius 3 is 2.25 bits per heavy atom. The van der Waals surface area contributed by atoms with Crippen molar-refractivity contribution < 1.29 is 4.79 Å². The maximum Gasteiger partial charge on any atom is 0.237 e. The van der Waals surface area contributed by atoms with Crippen LogP contribution in [0.5, 0.6) is 0 Å². The summed E-state index contributed by atoms with van der Waals surface area (Å²) in [6.07, 6.45) is 2.95. The third-order valence-electron chi connectivity index (χ3n) is 3.39. The molecular weight excluding hydrogens is 202 g/mol. The van der Waals surface area contributed by atoms with Gasteiger partial charge in [0.15, 0.2) is 0 Å². The lowest BCUT2D eigenvalue weighted by Crippen LogP contribution is -2.51. The van der Waals surface area contributed by atoms with Gasteiger partial charge in [0.05, 0.1) is 5.54 Å². The van der Waals surface area contributed by atoms with Crippen molar-refractivity contribution in [1.29, 1.82) is 0 Å². The number of carbonyl (C=O) groups is 1. The molecule has 0 aromatic carbocycles. The molecule has 4 nitrogen and oxygen atoms in total. The molecule has 16 heavy (non-hydrogen) atoms. The molecule has 0 aromatic heterocycles. The van der Waals surface area contributed by atoms with Crippen LogP contribution in [0.3, 0.4) is 0 Å². The number of primary amides is 1. The minimum absolute atomic E-state index is 0.266. The van der Waals surface area contributed by atoms with E-state index in [0.717, 1.165) is 38.9 Å². The van der Waals surface area contributed by atoms with Crippen molar-refractivity contribution in [3.63, 3.8) is 0 Å². The summed E-state index contributed by atoms with van der Waals surface area (Å²) in [6, 6.07) is 0. The second-order valence-electron chi connectivity index (χ2n) is 4.43. The van der Waals surface area contributed by atoms with Crippen molar-refractivity contribution >= 4 is 5.91 Å².